The van der Waals surface area contributed by atoms with E-state index in [2.05, 4.69) is 21.2 Å². The Labute approximate surface area is 121 Å². The molecule has 1 saturated heterocycles. The summed E-state index contributed by atoms with van der Waals surface area (Å²) in [5, 5.41) is 2.92. The first-order chi connectivity index (χ1) is 8.91. The van der Waals surface area contributed by atoms with Gasteiger partial charge in [-0.3, -0.25) is 4.79 Å². The van der Waals surface area contributed by atoms with E-state index in [1.807, 2.05) is 17.7 Å². The van der Waals surface area contributed by atoms with Crippen LogP contribution in [0.5, 0.6) is 0 Å². The van der Waals surface area contributed by atoms with Crippen LogP contribution in [0.3, 0.4) is 0 Å². The molecular formula is C12H17BrN2O3S. The highest BCUT2D eigenvalue weighted by atomic mass is 79.9. The van der Waals surface area contributed by atoms with Crippen molar-refractivity contribution < 1.29 is 13.2 Å². The van der Waals surface area contributed by atoms with Crippen LogP contribution in [0.4, 0.5) is 0 Å². The number of aryl methyl sites for hydroxylation is 1. The van der Waals surface area contributed by atoms with Gasteiger partial charge in [0.1, 0.15) is 15.5 Å². The lowest BCUT2D eigenvalue weighted by molar-refractivity contribution is 0.0925. The summed E-state index contributed by atoms with van der Waals surface area (Å²) in [6.07, 6.45) is 2.87. The van der Waals surface area contributed by atoms with Crippen LogP contribution in [0.1, 0.15) is 30.3 Å². The molecule has 0 unspecified atom stereocenters. The lowest BCUT2D eigenvalue weighted by Crippen LogP contribution is -2.41. The highest BCUT2D eigenvalue weighted by Gasteiger charge is 2.25. The number of aromatic nitrogens is 1. The number of carbonyl (C=O) groups excluding carboxylic acids is 1. The highest BCUT2D eigenvalue weighted by Crippen LogP contribution is 2.17. The fourth-order valence-electron chi connectivity index (χ4n) is 2.22. The van der Waals surface area contributed by atoms with Crippen molar-refractivity contribution in [2.24, 2.45) is 0 Å². The monoisotopic (exact) mass is 348 g/mol. The van der Waals surface area contributed by atoms with Gasteiger partial charge in [-0.15, -0.1) is 0 Å². The topological polar surface area (TPSA) is 68.2 Å². The maximum atomic E-state index is 12.2. The molecule has 0 saturated carbocycles. The molecule has 0 spiro atoms. The molecule has 19 heavy (non-hydrogen) atoms. The van der Waals surface area contributed by atoms with E-state index in [9.17, 15) is 13.2 Å². The summed E-state index contributed by atoms with van der Waals surface area (Å²) in [6.45, 7) is 2.68. The zero-order chi connectivity index (χ0) is 14.0. The largest absolute Gasteiger partial charge is 0.348 e. The van der Waals surface area contributed by atoms with E-state index in [0.29, 0.717) is 25.1 Å². The van der Waals surface area contributed by atoms with Crippen molar-refractivity contribution in [3.05, 3.63) is 22.4 Å². The SMILES string of the molecule is CCn1cc(Br)cc1C(=O)NC1CCS(=O)(=O)CC1. The van der Waals surface area contributed by atoms with Gasteiger partial charge in [0.25, 0.3) is 5.91 Å². The first-order valence-corrected chi connectivity index (χ1v) is 8.89. The lowest BCUT2D eigenvalue weighted by Gasteiger charge is -2.23. The minimum atomic E-state index is -2.89. The summed E-state index contributed by atoms with van der Waals surface area (Å²) in [4.78, 5) is 12.2. The Kier molecular flexibility index (Phi) is 4.35. The molecule has 2 rings (SSSR count). The highest BCUT2D eigenvalue weighted by molar-refractivity contribution is 9.10. The molecule has 1 aromatic rings. The number of halogens is 1. The van der Waals surface area contributed by atoms with Crippen molar-refractivity contribution in [2.45, 2.75) is 32.4 Å². The molecule has 1 aliphatic heterocycles. The molecule has 1 aliphatic rings. The summed E-state index contributed by atoms with van der Waals surface area (Å²) in [7, 11) is -2.89. The minimum absolute atomic E-state index is 0.0463. The van der Waals surface area contributed by atoms with E-state index in [4.69, 9.17) is 0 Å². The average Bonchev–Trinajstić information content (AvgIpc) is 2.73. The molecule has 1 fully saturated rings. The van der Waals surface area contributed by atoms with E-state index < -0.39 is 9.84 Å². The molecule has 1 amide bonds. The Morgan fingerprint density at radius 3 is 2.68 bits per heavy atom. The first kappa shape index (κ1) is 14.6. The Bertz CT molecular complexity index is 566. The zero-order valence-corrected chi connectivity index (χ0v) is 13.1. The lowest BCUT2D eigenvalue weighted by atomic mass is 10.1. The average molecular weight is 349 g/mol. The van der Waals surface area contributed by atoms with Crippen molar-refractivity contribution in [1.82, 2.24) is 9.88 Å². The first-order valence-electron chi connectivity index (χ1n) is 6.28. The van der Waals surface area contributed by atoms with Crippen LogP contribution in [0.25, 0.3) is 0 Å². The minimum Gasteiger partial charge on any atom is -0.348 e. The summed E-state index contributed by atoms with van der Waals surface area (Å²) >= 11 is 3.35. The van der Waals surface area contributed by atoms with Crippen molar-refractivity contribution in [2.75, 3.05) is 11.5 Å². The van der Waals surface area contributed by atoms with Gasteiger partial charge in [-0.25, -0.2) is 8.42 Å². The van der Waals surface area contributed by atoms with Crippen LogP contribution in [0.2, 0.25) is 0 Å². The fourth-order valence-corrected chi connectivity index (χ4v) is 4.18. The molecular weight excluding hydrogens is 332 g/mol. The molecule has 0 aromatic carbocycles. The van der Waals surface area contributed by atoms with Crippen LogP contribution >= 0.6 is 15.9 Å². The molecule has 106 valence electrons. The van der Waals surface area contributed by atoms with Crippen LogP contribution in [-0.4, -0.2) is 36.4 Å². The van der Waals surface area contributed by atoms with E-state index in [1.54, 1.807) is 6.07 Å². The van der Waals surface area contributed by atoms with Gasteiger partial charge in [-0.05, 0) is 41.8 Å². The van der Waals surface area contributed by atoms with Crippen molar-refractivity contribution in [3.8, 4) is 0 Å². The van der Waals surface area contributed by atoms with E-state index in [-0.39, 0.29) is 23.5 Å². The van der Waals surface area contributed by atoms with Gasteiger partial charge >= 0.3 is 0 Å². The van der Waals surface area contributed by atoms with E-state index in [1.165, 1.54) is 0 Å². The molecule has 1 N–H and O–H groups in total. The van der Waals surface area contributed by atoms with E-state index in [0.717, 1.165) is 4.47 Å². The summed E-state index contributed by atoms with van der Waals surface area (Å²) < 4.78 is 25.4. The Balaban J connectivity index is 2.01. The Morgan fingerprint density at radius 2 is 2.11 bits per heavy atom. The maximum absolute atomic E-state index is 12.2. The predicted molar refractivity (Wildman–Crippen MR) is 76.9 cm³/mol. The molecule has 7 heteroatoms. The number of hydrogen-bond acceptors (Lipinski definition) is 3. The molecule has 5 nitrogen and oxygen atoms in total. The van der Waals surface area contributed by atoms with Crippen molar-refractivity contribution in [1.29, 1.82) is 0 Å². The maximum Gasteiger partial charge on any atom is 0.268 e. The van der Waals surface area contributed by atoms with Crippen molar-refractivity contribution >= 4 is 31.7 Å². The van der Waals surface area contributed by atoms with Crippen LogP contribution < -0.4 is 5.32 Å². The van der Waals surface area contributed by atoms with Gasteiger partial charge in [0.2, 0.25) is 0 Å². The summed E-state index contributed by atoms with van der Waals surface area (Å²) in [5.41, 5.74) is 0.600. The number of hydrogen-bond donors (Lipinski definition) is 1. The summed E-state index contributed by atoms with van der Waals surface area (Å²) in [5.74, 6) is 0.184. The van der Waals surface area contributed by atoms with Crippen LogP contribution in [0, 0.1) is 0 Å². The molecule has 0 aliphatic carbocycles. The molecule has 0 atom stereocenters. The third-order valence-corrected chi connectivity index (χ3v) is 5.48. The quantitative estimate of drug-likeness (QED) is 0.901. The second kappa shape index (κ2) is 5.66. The van der Waals surface area contributed by atoms with Gasteiger partial charge in [0.15, 0.2) is 0 Å². The Hall–Kier alpha value is -0.820. The smallest absolute Gasteiger partial charge is 0.268 e. The zero-order valence-electron chi connectivity index (χ0n) is 10.7. The third-order valence-electron chi connectivity index (χ3n) is 3.33. The predicted octanol–water partition coefficient (Wildman–Crippen LogP) is 1.58. The number of carbonyl (C=O) groups is 1. The van der Waals surface area contributed by atoms with Crippen LogP contribution in [-0.2, 0) is 16.4 Å². The van der Waals surface area contributed by atoms with Gasteiger partial charge < -0.3 is 9.88 Å². The van der Waals surface area contributed by atoms with Gasteiger partial charge in [-0.2, -0.15) is 0 Å². The van der Waals surface area contributed by atoms with Crippen LogP contribution in [0.15, 0.2) is 16.7 Å². The van der Waals surface area contributed by atoms with Gasteiger partial charge in [0, 0.05) is 23.3 Å². The number of nitrogens with one attached hydrogen (secondary N) is 1. The number of nitrogens with zero attached hydrogens (tertiary/aromatic N) is 1. The molecule has 1 aromatic heterocycles. The second-order valence-electron chi connectivity index (χ2n) is 4.73. The molecule has 2 heterocycles. The number of sulfone groups is 1. The second-order valence-corrected chi connectivity index (χ2v) is 7.95. The van der Waals surface area contributed by atoms with E-state index >= 15 is 0 Å². The number of rotatable bonds is 3. The number of amides is 1. The molecule has 0 bridgehead atoms. The van der Waals surface area contributed by atoms with Gasteiger partial charge in [0.05, 0.1) is 11.5 Å². The fraction of sp³-hybridized carbons (Fsp3) is 0.583. The summed E-state index contributed by atoms with van der Waals surface area (Å²) in [6, 6.07) is 1.73. The normalized spacial score (nSPS) is 19.3. The molecule has 0 radical (unpaired) electrons. The third kappa shape index (κ3) is 3.60. The standard InChI is InChI=1S/C12H17BrN2O3S/c1-2-15-8-9(13)7-11(15)12(16)14-10-3-5-19(17,18)6-4-10/h7-8,10H,2-6H2,1H3,(H,14,16). The van der Waals surface area contributed by atoms with Crippen molar-refractivity contribution in [3.63, 3.8) is 0 Å². The van der Waals surface area contributed by atoms with Gasteiger partial charge in [-0.1, -0.05) is 0 Å². The Morgan fingerprint density at radius 1 is 1.47 bits per heavy atom.